The number of hydrogen-bond donors (Lipinski definition) is 2. The molecule has 2 aromatic rings. The van der Waals surface area contributed by atoms with E-state index >= 15 is 0 Å². The summed E-state index contributed by atoms with van der Waals surface area (Å²) in [6.07, 6.45) is 0. The van der Waals surface area contributed by atoms with E-state index in [9.17, 15) is 13.2 Å². The Balaban J connectivity index is 2.22. The van der Waals surface area contributed by atoms with Crippen molar-refractivity contribution in [2.24, 2.45) is 0 Å². The topological polar surface area (TPSA) is 83.5 Å². The summed E-state index contributed by atoms with van der Waals surface area (Å²) in [4.78, 5) is 10.8. The molecule has 0 fully saturated rings. The van der Waals surface area contributed by atoms with Gasteiger partial charge in [-0.05, 0) is 36.8 Å². The molecule has 1 heterocycles. The van der Waals surface area contributed by atoms with E-state index in [1.807, 2.05) is 0 Å². The minimum absolute atomic E-state index is 0.0224. The fourth-order valence-electron chi connectivity index (χ4n) is 1.71. The first kappa shape index (κ1) is 16.0. The lowest BCUT2D eigenvalue weighted by molar-refractivity contribution is 0.0702. The highest BCUT2D eigenvalue weighted by atomic mass is 35.5. The van der Waals surface area contributed by atoms with E-state index in [1.54, 1.807) is 31.2 Å². The van der Waals surface area contributed by atoms with Crippen LogP contribution in [-0.2, 0) is 10.0 Å². The number of benzene rings is 1. The zero-order valence-corrected chi connectivity index (χ0v) is 13.3. The molecule has 5 nitrogen and oxygen atoms in total. The van der Waals surface area contributed by atoms with Crippen molar-refractivity contribution in [3.63, 3.8) is 0 Å². The molecular weight excluding hydrogens is 334 g/mol. The molecule has 2 rings (SSSR count). The number of carbonyl (C=O) groups is 1. The van der Waals surface area contributed by atoms with Gasteiger partial charge >= 0.3 is 5.97 Å². The van der Waals surface area contributed by atoms with Crippen LogP contribution in [0.5, 0.6) is 0 Å². The average Bonchev–Trinajstić information content (AvgIpc) is 2.88. The van der Waals surface area contributed by atoms with E-state index in [0.29, 0.717) is 16.4 Å². The zero-order valence-electron chi connectivity index (χ0n) is 10.9. The van der Waals surface area contributed by atoms with Gasteiger partial charge in [0.25, 0.3) is 10.0 Å². The van der Waals surface area contributed by atoms with Crippen molar-refractivity contribution < 1.29 is 18.3 Å². The number of nitrogens with one attached hydrogen (secondary N) is 1. The largest absolute Gasteiger partial charge is 0.477 e. The SMILES string of the molecule is C[C@H](NS(=O)(=O)c1ccc(C(=O)O)s1)c1cccc(Cl)c1. The quantitative estimate of drug-likeness (QED) is 0.872. The molecular formula is C13H12ClNO4S2. The Morgan fingerprint density at radius 1 is 1.33 bits per heavy atom. The Bertz CT molecular complexity index is 770. The zero-order chi connectivity index (χ0) is 15.6. The maximum atomic E-state index is 12.2. The second-order valence-electron chi connectivity index (χ2n) is 4.32. The first-order valence-electron chi connectivity index (χ1n) is 5.90. The van der Waals surface area contributed by atoms with E-state index in [-0.39, 0.29) is 9.09 Å². The summed E-state index contributed by atoms with van der Waals surface area (Å²) in [5.41, 5.74) is 0.723. The van der Waals surface area contributed by atoms with Gasteiger partial charge in [0.1, 0.15) is 9.09 Å². The molecule has 0 saturated heterocycles. The summed E-state index contributed by atoms with van der Waals surface area (Å²) in [5, 5.41) is 9.35. The minimum Gasteiger partial charge on any atom is -0.477 e. The summed E-state index contributed by atoms with van der Waals surface area (Å²) >= 11 is 6.59. The number of hydrogen-bond acceptors (Lipinski definition) is 4. The van der Waals surface area contributed by atoms with Crippen LogP contribution >= 0.6 is 22.9 Å². The standard InChI is InChI=1S/C13H12ClNO4S2/c1-8(9-3-2-4-10(14)7-9)15-21(18,19)12-6-5-11(20-12)13(16)17/h2-8,15H,1H3,(H,16,17)/t8-/m0/s1. The molecule has 0 bridgehead atoms. The predicted molar refractivity (Wildman–Crippen MR) is 81.5 cm³/mol. The Morgan fingerprint density at radius 3 is 2.62 bits per heavy atom. The highest BCUT2D eigenvalue weighted by Gasteiger charge is 2.21. The number of sulfonamides is 1. The summed E-state index contributed by atoms with van der Waals surface area (Å²) in [7, 11) is -3.77. The van der Waals surface area contributed by atoms with Crippen LogP contribution in [0.15, 0.2) is 40.6 Å². The first-order valence-corrected chi connectivity index (χ1v) is 8.58. The van der Waals surface area contributed by atoms with Crippen LogP contribution in [0.2, 0.25) is 5.02 Å². The van der Waals surface area contributed by atoms with Crippen molar-refractivity contribution in [3.05, 3.63) is 51.9 Å². The summed E-state index contributed by atoms with van der Waals surface area (Å²) < 4.78 is 26.9. The van der Waals surface area contributed by atoms with Crippen molar-refractivity contribution in [1.82, 2.24) is 4.72 Å². The molecule has 0 aliphatic heterocycles. The third kappa shape index (κ3) is 3.82. The molecule has 0 aliphatic rings. The predicted octanol–water partition coefficient (Wildman–Crippen LogP) is 3.14. The fourth-order valence-corrected chi connectivity index (χ4v) is 4.31. The van der Waals surface area contributed by atoms with Gasteiger partial charge < -0.3 is 5.11 Å². The van der Waals surface area contributed by atoms with Crippen molar-refractivity contribution in [3.8, 4) is 0 Å². The van der Waals surface area contributed by atoms with Gasteiger partial charge in [-0.1, -0.05) is 23.7 Å². The second-order valence-corrected chi connectivity index (χ2v) is 7.78. The van der Waals surface area contributed by atoms with Gasteiger partial charge in [0.2, 0.25) is 0 Å². The van der Waals surface area contributed by atoms with E-state index < -0.39 is 22.0 Å². The van der Waals surface area contributed by atoms with Crippen molar-refractivity contribution in [2.75, 3.05) is 0 Å². The van der Waals surface area contributed by atoms with Crippen LogP contribution in [0.25, 0.3) is 0 Å². The molecule has 21 heavy (non-hydrogen) atoms. The summed E-state index contributed by atoms with van der Waals surface area (Å²) in [6, 6.07) is 8.93. The lowest BCUT2D eigenvalue weighted by Gasteiger charge is -2.14. The molecule has 0 aliphatic carbocycles. The molecule has 1 aromatic heterocycles. The van der Waals surface area contributed by atoms with Crippen molar-refractivity contribution in [1.29, 1.82) is 0 Å². The lowest BCUT2D eigenvalue weighted by atomic mass is 10.1. The smallest absolute Gasteiger partial charge is 0.345 e. The van der Waals surface area contributed by atoms with Crippen LogP contribution in [0, 0.1) is 0 Å². The van der Waals surface area contributed by atoms with Crippen LogP contribution in [0.3, 0.4) is 0 Å². The molecule has 0 amide bonds. The maximum Gasteiger partial charge on any atom is 0.345 e. The van der Waals surface area contributed by atoms with Crippen LogP contribution in [0.4, 0.5) is 0 Å². The number of carboxylic acids is 1. The summed E-state index contributed by atoms with van der Waals surface area (Å²) in [5.74, 6) is -1.15. The first-order chi connectivity index (χ1) is 9.79. The number of rotatable bonds is 5. The molecule has 0 unspecified atom stereocenters. The van der Waals surface area contributed by atoms with Gasteiger partial charge in [0.15, 0.2) is 0 Å². The third-order valence-corrected chi connectivity index (χ3v) is 6.08. The minimum atomic E-state index is -3.77. The summed E-state index contributed by atoms with van der Waals surface area (Å²) in [6.45, 7) is 1.69. The van der Waals surface area contributed by atoms with Crippen LogP contribution in [0.1, 0.15) is 28.2 Å². The Morgan fingerprint density at radius 2 is 2.05 bits per heavy atom. The monoisotopic (exact) mass is 345 g/mol. The fraction of sp³-hybridized carbons (Fsp3) is 0.154. The number of aromatic carboxylic acids is 1. The van der Waals surface area contributed by atoms with E-state index in [0.717, 1.165) is 5.56 Å². The van der Waals surface area contributed by atoms with E-state index in [1.165, 1.54) is 12.1 Å². The molecule has 0 spiro atoms. The van der Waals surface area contributed by atoms with Crippen LogP contribution < -0.4 is 4.72 Å². The third-order valence-electron chi connectivity index (χ3n) is 2.74. The van der Waals surface area contributed by atoms with E-state index in [4.69, 9.17) is 16.7 Å². The van der Waals surface area contributed by atoms with Crippen LogP contribution in [-0.4, -0.2) is 19.5 Å². The second kappa shape index (κ2) is 6.15. The molecule has 1 aromatic carbocycles. The number of thiophene rings is 1. The van der Waals surface area contributed by atoms with Gasteiger partial charge in [0, 0.05) is 11.1 Å². The highest BCUT2D eigenvalue weighted by Crippen LogP contribution is 2.24. The Labute approximate surface area is 131 Å². The van der Waals surface area contributed by atoms with Gasteiger partial charge in [-0.3, -0.25) is 0 Å². The molecule has 2 N–H and O–H groups in total. The van der Waals surface area contributed by atoms with E-state index in [2.05, 4.69) is 4.72 Å². The van der Waals surface area contributed by atoms with Gasteiger partial charge in [-0.15, -0.1) is 11.3 Å². The molecule has 1 atom stereocenters. The molecule has 0 radical (unpaired) electrons. The van der Waals surface area contributed by atoms with Gasteiger partial charge in [-0.25, -0.2) is 17.9 Å². The van der Waals surface area contributed by atoms with Crippen molar-refractivity contribution >= 4 is 38.9 Å². The number of halogens is 1. The highest BCUT2D eigenvalue weighted by molar-refractivity contribution is 7.91. The normalized spacial score (nSPS) is 13.0. The average molecular weight is 346 g/mol. The van der Waals surface area contributed by atoms with Gasteiger partial charge in [-0.2, -0.15) is 0 Å². The Kier molecular flexibility index (Phi) is 4.67. The maximum absolute atomic E-state index is 12.2. The molecule has 0 saturated carbocycles. The number of carboxylic acid groups (broad SMARTS) is 1. The molecule has 112 valence electrons. The lowest BCUT2D eigenvalue weighted by Crippen LogP contribution is -2.26. The molecule has 8 heteroatoms. The van der Waals surface area contributed by atoms with Gasteiger partial charge in [0.05, 0.1) is 0 Å². The van der Waals surface area contributed by atoms with Crippen molar-refractivity contribution in [2.45, 2.75) is 17.2 Å². The Hall–Kier alpha value is -1.41.